The van der Waals surface area contributed by atoms with E-state index in [9.17, 15) is 4.79 Å². The number of nitrogens with one attached hydrogen (secondary N) is 1. The molecule has 0 aliphatic rings. The van der Waals surface area contributed by atoms with E-state index in [1.165, 1.54) is 5.56 Å². The number of para-hydroxylation sites is 1. The lowest BCUT2D eigenvalue weighted by molar-refractivity contribution is 0.0951. The van der Waals surface area contributed by atoms with Crippen molar-refractivity contribution in [1.82, 2.24) is 10.3 Å². The molecule has 0 saturated heterocycles. The lowest BCUT2D eigenvalue weighted by Crippen LogP contribution is -2.22. The lowest BCUT2D eigenvalue weighted by atomic mass is 10.1. The molecule has 3 aromatic carbocycles. The number of aryl methyl sites for hydroxylation is 2. The van der Waals surface area contributed by atoms with Crippen LogP contribution in [0.5, 0.6) is 11.5 Å². The molecule has 0 unspecified atom stereocenters. The molecule has 0 radical (unpaired) electrons. The van der Waals surface area contributed by atoms with Crippen LogP contribution in [-0.4, -0.2) is 10.9 Å². The highest BCUT2D eigenvalue weighted by Crippen LogP contribution is 2.30. The van der Waals surface area contributed by atoms with E-state index in [4.69, 9.17) is 9.72 Å². The molecule has 0 saturated carbocycles. The van der Waals surface area contributed by atoms with Crippen LogP contribution in [0.3, 0.4) is 0 Å². The first-order valence-electron chi connectivity index (χ1n) is 9.73. The van der Waals surface area contributed by atoms with Gasteiger partial charge in [0, 0.05) is 16.0 Å². The molecular weight excluding hydrogens is 392 g/mol. The number of ether oxygens (including phenoxy) is 1. The van der Waals surface area contributed by atoms with E-state index in [-0.39, 0.29) is 5.91 Å². The van der Waals surface area contributed by atoms with Crippen molar-refractivity contribution in [1.29, 1.82) is 0 Å². The molecule has 4 nitrogen and oxygen atoms in total. The monoisotopic (exact) mass is 414 g/mol. The number of rotatable bonds is 6. The molecule has 0 aliphatic carbocycles. The Labute approximate surface area is 180 Å². The van der Waals surface area contributed by atoms with Crippen LogP contribution < -0.4 is 10.1 Å². The Morgan fingerprint density at radius 1 is 0.900 bits per heavy atom. The van der Waals surface area contributed by atoms with Gasteiger partial charge in [-0.1, -0.05) is 42.5 Å². The number of carbonyl (C=O) groups is 1. The van der Waals surface area contributed by atoms with Gasteiger partial charge in [-0.2, -0.15) is 0 Å². The van der Waals surface area contributed by atoms with Gasteiger partial charge < -0.3 is 10.1 Å². The summed E-state index contributed by atoms with van der Waals surface area (Å²) >= 11 is 1.62. The molecule has 1 N–H and O–H groups in total. The fourth-order valence-electron chi connectivity index (χ4n) is 3.08. The maximum absolute atomic E-state index is 12.6. The standard InChI is InChI=1S/C25H22N2O2S/c1-17-8-6-7-11-22(17)25-27-18(2)23(30-25)16-26-24(28)19-12-14-21(15-13-19)29-20-9-4-3-5-10-20/h3-15H,16H2,1-2H3,(H,26,28). The molecule has 4 aromatic rings. The average Bonchev–Trinajstić information content (AvgIpc) is 3.14. The summed E-state index contributed by atoms with van der Waals surface area (Å²) in [6, 6.07) is 24.9. The topological polar surface area (TPSA) is 51.2 Å². The first-order valence-corrected chi connectivity index (χ1v) is 10.6. The number of hydrogen-bond acceptors (Lipinski definition) is 4. The number of amides is 1. The lowest BCUT2D eigenvalue weighted by Gasteiger charge is -2.07. The molecule has 0 aliphatic heterocycles. The Kier molecular flexibility index (Phi) is 5.91. The van der Waals surface area contributed by atoms with E-state index in [1.54, 1.807) is 35.6 Å². The van der Waals surface area contributed by atoms with Crippen molar-refractivity contribution in [2.45, 2.75) is 20.4 Å². The predicted molar refractivity (Wildman–Crippen MR) is 121 cm³/mol. The van der Waals surface area contributed by atoms with Crippen molar-refractivity contribution in [2.75, 3.05) is 0 Å². The van der Waals surface area contributed by atoms with Gasteiger partial charge >= 0.3 is 0 Å². The summed E-state index contributed by atoms with van der Waals surface area (Å²) < 4.78 is 5.77. The van der Waals surface area contributed by atoms with Gasteiger partial charge in [0.15, 0.2) is 0 Å². The van der Waals surface area contributed by atoms with Crippen LogP contribution in [0.1, 0.15) is 26.5 Å². The molecule has 0 bridgehead atoms. The largest absolute Gasteiger partial charge is 0.457 e. The highest BCUT2D eigenvalue weighted by Gasteiger charge is 2.13. The predicted octanol–water partition coefficient (Wildman–Crippen LogP) is 6.15. The third-order valence-corrected chi connectivity index (χ3v) is 5.96. The van der Waals surface area contributed by atoms with Gasteiger partial charge in [-0.25, -0.2) is 4.98 Å². The van der Waals surface area contributed by atoms with E-state index >= 15 is 0 Å². The van der Waals surface area contributed by atoms with Crippen molar-refractivity contribution in [3.63, 3.8) is 0 Å². The number of nitrogens with zero attached hydrogens (tertiary/aromatic N) is 1. The molecular formula is C25H22N2O2S. The summed E-state index contributed by atoms with van der Waals surface area (Å²) in [5.41, 5.74) is 3.87. The van der Waals surface area contributed by atoms with Crippen molar-refractivity contribution >= 4 is 17.2 Å². The third kappa shape index (κ3) is 4.58. The number of benzene rings is 3. The summed E-state index contributed by atoms with van der Waals surface area (Å²) in [6.07, 6.45) is 0. The van der Waals surface area contributed by atoms with Crippen molar-refractivity contribution in [3.05, 3.63) is 101 Å². The first-order chi connectivity index (χ1) is 14.6. The van der Waals surface area contributed by atoms with Crippen LogP contribution >= 0.6 is 11.3 Å². The fourth-order valence-corrected chi connectivity index (χ4v) is 4.17. The number of carbonyl (C=O) groups excluding carboxylic acids is 1. The van der Waals surface area contributed by atoms with Crippen LogP contribution in [-0.2, 0) is 6.54 Å². The van der Waals surface area contributed by atoms with Crippen molar-refractivity contribution in [2.24, 2.45) is 0 Å². The zero-order valence-electron chi connectivity index (χ0n) is 16.9. The SMILES string of the molecule is Cc1ccccc1-c1nc(C)c(CNC(=O)c2ccc(Oc3ccccc3)cc2)s1. The molecule has 4 rings (SSSR count). The smallest absolute Gasteiger partial charge is 0.251 e. The van der Waals surface area contributed by atoms with Gasteiger partial charge in [0.2, 0.25) is 0 Å². The zero-order valence-corrected chi connectivity index (χ0v) is 17.7. The van der Waals surface area contributed by atoms with Gasteiger partial charge in [0.05, 0.1) is 12.2 Å². The van der Waals surface area contributed by atoms with Crippen LogP contribution in [0.2, 0.25) is 0 Å². The second-order valence-corrected chi connectivity index (χ2v) is 8.05. The highest BCUT2D eigenvalue weighted by molar-refractivity contribution is 7.15. The van der Waals surface area contributed by atoms with E-state index in [2.05, 4.69) is 24.4 Å². The zero-order chi connectivity index (χ0) is 20.9. The van der Waals surface area contributed by atoms with E-state index in [1.807, 2.05) is 49.4 Å². The minimum Gasteiger partial charge on any atom is -0.457 e. The van der Waals surface area contributed by atoms with Gasteiger partial charge in [0.25, 0.3) is 5.91 Å². The summed E-state index contributed by atoms with van der Waals surface area (Å²) in [6.45, 7) is 4.52. The van der Waals surface area contributed by atoms with E-state index in [0.29, 0.717) is 17.9 Å². The average molecular weight is 415 g/mol. The second kappa shape index (κ2) is 8.93. The van der Waals surface area contributed by atoms with E-state index in [0.717, 1.165) is 26.9 Å². The minimum atomic E-state index is -0.119. The maximum atomic E-state index is 12.6. The minimum absolute atomic E-state index is 0.119. The highest BCUT2D eigenvalue weighted by atomic mass is 32.1. The quantitative estimate of drug-likeness (QED) is 0.412. The Hall–Kier alpha value is -3.44. The maximum Gasteiger partial charge on any atom is 0.251 e. The first kappa shape index (κ1) is 19.9. The second-order valence-electron chi connectivity index (χ2n) is 6.96. The Bertz CT molecular complexity index is 1150. The van der Waals surface area contributed by atoms with Gasteiger partial charge in [-0.05, 0) is 55.8 Å². The molecule has 150 valence electrons. The number of thiazole rings is 1. The number of aromatic nitrogens is 1. The van der Waals surface area contributed by atoms with Crippen LogP contribution in [0, 0.1) is 13.8 Å². The van der Waals surface area contributed by atoms with Crippen LogP contribution in [0.25, 0.3) is 10.6 Å². The number of hydrogen-bond donors (Lipinski definition) is 1. The van der Waals surface area contributed by atoms with Gasteiger partial charge in [-0.15, -0.1) is 11.3 Å². The molecule has 0 atom stereocenters. The molecule has 30 heavy (non-hydrogen) atoms. The van der Waals surface area contributed by atoms with Crippen LogP contribution in [0.4, 0.5) is 0 Å². The Balaban J connectivity index is 1.39. The third-order valence-electron chi connectivity index (χ3n) is 4.77. The van der Waals surface area contributed by atoms with Crippen LogP contribution in [0.15, 0.2) is 78.9 Å². The van der Waals surface area contributed by atoms with Crippen molar-refractivity contribution < 1.29 is 9.53 Å². The molecule has 0 fully saturated rings. The normalized spacial score (nSPS) is 10.6. The molecule has 5 heteroatoms. The molecule has 0 spiro atoms. The summed E-state index contributed by atoms with van der Waals surface area (Å²) in [5.74, 6) is 1.34. The fraction of sp³-hybridized carbons (Fsp3) is 0.120. The van der Waals surface area contributed by atoms with Gasteiger partial charge in [-0.3, -0.25) is 4.79 Å². The summed E-state index contributed by atoms with van der Waals surface area (Å²) in [7, 11) is 0. The van der Waals surface area contributed by atoms with Crippen molar-refractivity contribution in [3.8, 4) is 22.1 Å². The van der Waals surface area contributed by atoms with E-state index < -0.39 is 0 Å². The Morgan fingerprint density at radius 3 is 2.30 bits per heavy atom. The molecule has 1 heterocycles. The summed E-state index contributed by atoms with van der Waals surface area (Å²) in [4.78, 5) is 18.3. The molecule has 1 amide bonds. The Morgan fingerprint density at radius 2 is 1.57 bits per heavy atom. The molecule has 1 aromatic heterocycles. The van der Waals surface area contributed by atoms with Gasteiger partial charge in [0.1, 0.15) is 16.5 Å². The summed E-state index contributed by atoms with van der Waals surface area (Å²) in [5, 5.41) is 3.98.